The van der Waals surface area contributed by atoms with E-state index in [0.29, 0.717) is 6.04 Å². The number of para-hydroxylation sites is 1. The Morgan fingerprint density at radius 2 is 2.05 bits per heavy atom. The van der Waals surface area contributed by atoms with E-state index in [1.54, 1.807) is 14.2 Å². The van der Waals surface area contributed by atoms with Crippen LogP contribution in [0.15, 0.2) is 24.3 Å². The lowest BCUT2D eigenvalue weighted by atomic mass is 10.1. The third kappa shape index (κ3) is 3.93. The molecule has 2 N–H and O–H groups in total. The van der Waals surface area contributed by atoms with Crippen molar-refractivity contribution in [2.24, 2.45) is 5.73 Å². The molecule has 4 nitrogen and oxygen atoms in total. The topological polar surface area (TPSA) is 47.7 Å². The highest BCUT2D eigenvalue weighted by atomic mass is 16.5. The molecule has 1 unspecified atom stereocenters. The Morgan fingerprint density at radius 1 is 1.32 bits per heavy atom. The van der Waals surface area contributed by atoms with Crippen molar-refractivity contribution in [3.63, 3.8) is 0 Å². The van der Waals surface area contributed by atoms with Crippen molar-refractivity contribution in [3.8, 4) is 5.75 Å². The van der Waals surface area contributed by atoms with E-state index >= 15 is 0 Å². The lowest BCUT2D eigenvalue weighted by Gasteiger charge is -2.26. The number of rotatable bonds is 8. The molecule has 19 heavy (non-hydrogen) atoms. The van der Waals surface area contributed by atoms with Crippen LogP contribution in [0.5, 0.6) is 5.75 Å². The maximum Gasteiger partial charge on any atom is 0.123 e. The lowest BCUT2D eigenvalue weighted by molar-refractivity contribution is 0.139. The van der Waals surface area contributed by atoms with Crippen LogP contribution in [0.3, 0.4) is 0 Å². The van der Waals surface area contributed by atoms with Gasteiger partial charge in [0.15, 0.2) is 0 Å². The summed E-state index contributed by atoms with van der Waals surface area (Å²) in [5.74, 6) is 0.873. The molecule has 1 fully saturated rings. The quantitative estimate of drug-likeness (QED) is 0.778. The molecule has 0 spiro atoms. The van der Waals surface area contributed by atoms with Crippen LogP contribution < -0.4 is 10.5 Å². The van der Waals surface area contributed by atoms with Gasteiger partial charge in [-0.05, 0) is 18.9 Å². The summed E-state index contributed by atoms with van der Waals surface area (Å²) in [6.45, 7) is 2.56. The Kier molecular flexibility index (Phi) is 5.19. The zero-order valence-corrected chi connectivity index (χ0v) is 11.8. The number of nitrogens with two attached hydrogens (primary N) is 1. The monoisotopic (exact) mass is 264 g/mol. The van der Waals surface area contributed by atoms with Crippen molar-refractivity contribution < 1.29 is 9.47 Å². The molecular weight excluding hydrogens is 240 g/mol. The van der Waals surface area contributed by atoms with Crippen LogP contribution in [-0.2, 0) is 4.74 Å². The van der Waals surface area contributed by atoms with Gasteiger partial charge in [-0.15, -0.1) is 0 Å². The molecule has 1 aromatic rings. The second-order valence-corrected chi connectivity index (χ2v) is 5.07. The summed E-state index contributed by atoms with van der Waals surface area (Å²) in [5.41, 5.74) is 7.42. The first-order valence-corrected chi connectivity index (χ1v) is 6.87. The molecule has 0 radical (unpaired) electrons. The van der Waals surface area contributed by atoms with E-state index in [-0.39, 0.29) is 6.04 Å². The molecule has 1 atom stereocenters. The van der Waals surface area contributed by atoms with Gasteiger partial charge >= 0.3 is 0 Å². The number of methoxy groups -OCH3 is 2. The third-order valence-electron chi connectivity index (χ3n) is 3.62. The highest BCUT2D eigenvalue weighted by molar-refractivity contribution is 5.35. The van der Waals surface area contributed by atoms with Crippen molar-refractivity contribution in [1.82, 2.24) is 4.90 Å². The number of nitrogens with zero attached hydrogens (tertiary/aromatic N) is 1. The fraction of sp³-hybridized carbons (Fsp3) is 0.600. The maximum atomic E-state index is 6.35. The molecule has 0 aliphatic heterocycles. The van der Waals surface area contributed by atoms with E-state index in [1.165, 1.54) is 12.8 Å². The van der Waals surface area contributed by atoms with Crippen molar-refractivity contribution in [1.29, 1.82) is 0 Å². The van der Waals surface area contributed by atoms with Gasteiger partial charge in [-0.1, -0.05) is 18.2 Å². The minimum Gasteiger partial charge on any atom is -0.496 e. The van der Waals surface area contributed by atoms with Crippen molar-refractivity contribution in [2.75, 3.05) is 33.9 Å². The van der Waals surface area contributed by atoms with Crippen LogP contribution in [-0.4, -0.2) is 44.9 Å². The number of ether oxygens (including phenoxy) is 2. The summed E-state index contributed by atoms with van der Waals surface area (Å²) in [7, 11) is 3.43. The fourth-order valence-electron chi connectivity index (χ4n) is 2.39. The average molecular weight is 264 g/mol. The first-order chi connectivity index (χ1) is 9.26. The average Bonchev–Trinajstić information content (AvgIpc) is 3.27. The van der Waals surface area contributed by atoms with Gasteiger partial charge in [-0.3, -0.25) is 4.90 Å². The SMILES string of the molecule is COCCN(CC(N)c1ccccc1OC)C1CC1. The van der Waals surface area contributed by atoms with E-state index in [0.717, 1.165) is 31.0 Å². The van der Waals surface area contributed by atoms with Crippen molar-refractivity contribution in [3.05, 3.63) is 29.8 Å². The zero-order chi connectivity index (χ0) is 13.7. The van der Waals surface area contributed by atoms with Gasteiger partial charge in [0, 0.05) is 37.8 Å². The smallest absolute Gasteiger partial charge is 0.123 e. The van der Waals surface area contributed by atoms with Crippen LogP contribution >= 0.6 is 0 Å². The third-order valence-corrected chi connectivity index (χ3v) is 3.62. The molecule has 2 rings (SSSR count). The van der Waals surface area contributed by atoms with Gasteiger partial charge in [0.1, 0.15) is 5.75 Å². The Morgan fingerprint density at radius 3 is 2.68 bits per heavy atom. The summed E-state index contributed by atoms with van der Waals surface area (Å²) < 4.78 is 10.6. The normalized spacial score (nSPS) is 16.6. The molecular formula is C15H24N2O2. The van der Waals surface area contributed by atoms with E-state index < -0.39 is 0 Å². The second-order valence-electron chi connectivity index (χ2n) is 5.07. The largest absolute Gasteiger partial charge is 0.496 e. The molecule has 1 saturated carbocycles. The number of hydrogen-bond acceptors (Lipinski definition) is 4. The van der Waals surface area contributed by atoms with E-state index in [1.807, 2.05) is 24.3 Å². The van der Waals surface area contributed by atoms with Crippen molar-refractivity contribution >= 4 is 0 Å². The Hall–Kier alpha value is -1.10. The van der Waals surface area contributed by atoms with Crippen LogP contribution in [0.2, 0.25) is 0 Å². The summed E-state index contributed by atoms with van der Waals surface area (Å²) >= 11 is 0. The summed E-state index contributed by atoms with van der Waals surface area (Å²) in [4.78, 5) is 2.43. The van der Waals surface area contributed by atoms with E-state index in [2.05, 4.69) is 4.90 Å². The van der Waals surface area contributed by atoms with Crippen LogP contribution in [0.4, 0.5) is 0 Å². The van der Waals surface area contributed by atoms with Gasteiger partial charge in [0.05, 0.1) is 13.7 Å². The fourth-order valence-corrected chi connectivity index (χ4v) is 2.39. The van der Waals surface area contributed by atoms with Crippen LogP contribution in [0.25, 0.3) is 0 Å². The van der Waals surface area contributed by atoms with Gasteiger partial charge in [0.2, 0.25) is 0 Å². The summed E-state index contributed by atoms with van der Waals surface area (Å²) in [6, 6.07) is 8.66. The van der Waals surface area contributed by atoms with Gasteiger partial charge in [-0.25, -0.2) is 0 Å². The minimum absolute atomic E-state index is 0.0198. The van der Waals surface area contributed by atoms with E-state index in [4.69, 9.17) is 15.2 Å². The van der Waals surface area contributed by atoms with Crippen molar-refractivity contribution in [2.45, 2.75) is 24.9 Å². The highest BCUT2D eigenvalue weighted by Crippen LogP contribution is 2.30. The van der Waals surface area contributed by atoms with Gasteiger partial charge in [-0.2, -0.15) is 0 Å². The molecule has 1 aliphatic rings. The molecule has 0 bridgehead atoms. The van der Waals surface area contributed by atoms with Crippen LogP contribution in [0, 0.1) is 0 Å². The van der Waals surface area contributed by atoms with Gasteiger partial charge < -0.3 is 15.2 Å². The summed E-state index contributed by atoms with van der Waals surface area (Å²) in [5, 5.41) is 0. The Bertz CT molecular complexity index is 393. The molecule has 0 amide bonds. The molecule has 0 aromatic heterocycles. The minimum atomic E-state index is -0.0198. The Balaban J connectivity index is 1.99. The lowest BCUT2D eigenvalue weighted by Crippen LogP contribution is -2.36. The first-order valence-electron chi connectivity index (χ1n) is 6.87. The maximum absolute atomic E-state index is 6.35. The molecule has 1 aromatic carbocycles. The molecule has 4 heteroatoms. The standard InChI is InChI=1S/C15H24N2O2/c1-18-10-9-17(12-7-8-12)11-14(16)13-5-3-4-6-15(13)19-2/h3-6,12,14H,7-11,16H2,1-2H3. The molecule has 1 aliphatic carbocycles. The predicted octanol–water partition coefficient (Wildman–Crippen LogP) is 1.81. The molecule has 0 saturated heterocycles. The van der Waals surface area contributed by atoms with Crippen LogP contribution in [0.1, 0.15) is 24.4 Å². The predicted molar refractivity (Wildman–Crippen MR) is 76.4 cm³/mol. The second kappa shape index (κ2) is 6.89. The zero-order valence-electron chi connectivity index (χ0n) is 11.8. The molecule has 106 valence electrons. The first kappa shape index (κ1) is 14.3. The molecule has 0 heterocycles. The summed E-state index contributed by atoms with van der Waals surface area (Å²) in [6.07, 6.45) is 2.56. The Labute approximate surface area is 115 Å². The highest BCUT2D eigenvalue weighted by Gasteiger charge is 2.30. The number of hydrogen-bond donors (Lipinski definition) is 1. The van der Waals surface area contributed by atoms with Gasteiger partial charge in [0.25, 0.3) is 0 Å². The number of benzene rings is 1. The van der Waals surface area contributed by atoms with E-state index in [9.17, 15) is 0 Å².